The summed E-state index contributed by atoms with van der Waals surface area (Å²) in [6.07, 6.45) is 0. The molecule has 1 amide bonds. The summed E-state index contributed by atoms with van der Waals surface area (Å²) in [5, 5.41) is 2.69. The molecule has 0 fully saturated rings. The molecule has 2 aromatic carbocycles. The standard InChI is InChI=1S/C18H22N2O5S/c1-13(18(21)19-14-6-4-8-16(10-14)24-2)12-26(22,23)20-15-7-5-9-17(11-15)25-3/h4-11,13,20H,12H2,1-3H3,(H,19,21). The molecular formula is C18H22N2O5S. The lowest BCUT2D eigenvalue weighted by molar-refractivity contribution is -0.118. The van der Waals surface area contributed by atoms with E-state index in [1.54, 1.807) is 55.5 Å². The van der Waals surface area contributed by atoms with E-state index in [9.17, 15) is 13.2 Å². The van der Waals surface area contributed by atoms with Gasteiger partial charge in [0.1, 0.15) is 11.5 Å². The van der Waals surface area contributed by atoms with Crippen LogP contribution in [0, 0.1) is 5.92 Å². The van der Waals surface area contributed by atoms with Gasteiger partial charge >= 0.3 is 0 Å². The Hall–Kier alpha value is -2.74. The minimum absolute atomic E-state index is 0.347. The number of amides is 1. The first kappa shape index (κ1) is 19.6. The number of nitrogens with one attached hydrogen (secondary N) is 2. The van der Waals surface area contributed by atoms with Crippen molar-refractivity contribution in [3.05, 3.63) is 48.5 Å². The van der Waals surface area contributed by atoms with E-state index >= 15 is 0 Å². The first-order chi connectivity index (χ1) is 12.3. The summed E-state index contributed by atoms with van der Waals surface area (Å²) in [4.78, 5) is 12.3. The maximum Gasteiger partial charge on any atom is 0.233 e. The van der Waals surface area contributed by atoms with Crippen molar-refractivity contribution < 1.29 is 22.7 Å². The maximum atomic E-state index is 12.3. The highest BCUT2D eigenvalue weighted by Gasteiger charge is 2.22. The van der Waals surface area contributed by atoms with E-state index in [-0.39, 0.29) is 5.75 Å². The van der Waals surface area contributed by atoms with Gasteiger partial charge in [-0.25, -0.2) is 8.42 Å². The van der Waals surface area contributed by atoms with E-state index in [0.717, 1.165) is 0 Å². The fraction of sp³-hybridized carbons (Fsp3) is 0.278. The zero-order valence-corrected chi connectivity index (χ0v) is 15.7. The lowest BCUT2D eigenvalue weighted by Crippen LogP contribution is -2.29. The molecule has 0 saturated heterocycles. The second kappa shape index (κ2) is 8.57. The van der Waals surface area contributed by atoms with Crippen molar-refractivity contribution in [2.45, 2.75) is 6.92 Å². The number of anilines is 2. The maximum absolute atomic E-state index is 12.3. The van der Waals surface area contributed by atoms with Crippen LogP contribution in [0.4, 0.5) is 11.4 Å². The molecule has 0 aromatic heterocycles. The third kappa shape index (κ3) is 5.66. The third-order valence-electron chi connectivity index (χ3n) is 3.60. The van der Waals surface area contributed by atoms with Crippen LogP contribution >= 0.6 is 0 Å². The van der Waals surface area contributed by atoms with Gasteiger partial charge < -0.3 is 14.8 Å². The van der Waals surface area contributed by atoms with Gasteiger partial charge in [0.2, 0.25) is 15.9 Å². The molecule has 0 bridgehead atoms. The Morgan fingerprint density at radius 3 is 2.12 bits per heavy atom. The normalized spacial score (nSPS) is 12.1. The Labute approximate surface area is 153 Å². The molecule has 0 spiro atoms. The highest BCUT2D eigenvalue weighted by Crippen LogP contribution is 2.20. The summed E-state index contributed by atoms with van der Waals surface area (Å²) in [6, 6.07) is 13.4. The van der Waals surface area contributed by atoms with Crippen molar-refractivity contribution in [2.24, 2.45) is 5.92 Å². The Bertz CT molecular complexity index is 867. The van der Waals surface area contributed by atoms with Crippen molar-refractivity contribution in [3.63, 3.8) is 0 Å². The smallest absolute Gasteiger partial charge is 0.233 e. The summed E-state index contributed by atoms with van der Waals surface area (Å²) >= 11 is 0. The Morgan fingerprint density at radius 2 is 1.54 bits per heavy atom. The monoisotopic (exact) mass is 378 g/mol. The van der Waals surface area contributed by atoms with E-state index in [1.165, 1.54) is 14.2 Å². The number of methoxy groups -OCH3 is 2. The van der Waals surface area contributed by atoms with Gasteiger partial charge in [0.05, 0.1) is 31.6 Å². The van der Waals surface area contributed by atoms with Crippen LogP contribution in [0.5, 0.6) is 11.5 Å². The molecule has 0 saturated carbocycles. The lowest BCUT2D eigenvalue weighted by Gasteiger charge is -2.14. The Kier molecular flexibility index (Phi) is 6.46. The second-order valence-electron chi connectivity index (χ2n) is 5.74. The molecule has 2 rings (SSSR count). The zero-order valence-electron chi connectivity index (χ0n) is 14.9. The largest absolute Gasteiger partial charge is 0.497 e. The molecular weight excluding hydrogens is 356 g/mol. The van der Waals surface area contributed by atoms with Crippen LogP contribution in [0.3, 0.4) is 0 Å². The average molecular weight is 378 g/mol. The van der Waals surface area contributed by atoms with E-state index in [2.05, 4.69) is 10.0 Å². The molecule has 8 heteroatoms. The molecule has 2 aromatic rings. The summed E-state index contributed by atoms with van der Waals surface area (Å²) in [6.45, 7) is 1.56. The van der Waals surface area contributed by atoms with E-state index < -0.39 is 21.8 Å². The molecule has 2 N–H and O–H groups in total. The van der Waals surface area contributed by atoms with Crippen molar-refractivity contribution >= 4 is 27.3 Å². The van der Waals surface area contributed by atoms with Crippen LogP contribution in [0.25, 0.3) is 0 Å². The SMILES string of the molecule is COc1cccc(NC(=O)C(C)CS(=O)(=O)Nc2cccc(OC)c2)c1. The molecule has 7 nitrogen and oxygen atoms in total. The predicted octanol–water partition coefficient (Wildman–Crippen LogP) is 2.72. The first-order valence-corrected chi connectivity index (χ1v) is 9.57. The average Bonchev–Trinajstić information content (AvgIpc) is 2.61. The number of carbonyl (C=O) groups excluding carboxylic acids is 1. The van der Waals surface area contributed by atoms with E-state index in [4.69, 9.17) is 9.47 Å². The van der Waals surface area contributed by atoms with Gasteiger partial charge in [0.25, 0.3) is 0 Å². The van der Waals surface area contributed by atoms with Gasteiger partial charge in [-0.15, -0.1) is 0 Å². The van der Waals surface area contributed by atoms with Gasteiger partial charge in [-0.3, -0.25) is 9.52 Å². The van der Waals surface area contributed by atoms with Crippen LogP contribution in [-0.4, -0.2) is 34.3 Å². The van der Waals surface area contributed by atoms with Gasteiger partial charge in [0, 0.05) is 17.8 Å². The van der Waals surface area contributed by atoms with Crippen LogP contribution in [-0.2, 0) is 14.8 Å². The van der Waals surface area contributed by atoms with Crippen LogP contribution in [0.2, 0.25) is 0 Å². The first-order valence-electron chi connectivity index (χ1n) is 7.92. The molecule has 0 aliphatic rings. The number of sulfonamides is 1. The Morgan fingerprint density at radius 1 is 1.00 bits per heavy atom. The molecule has 26 heavy (non-hydrogen) atoms. The van der Waals surface area contributed by atoms with Crippen LogP contribution < -0.4 is 19.5 Å². The van der Waals surface area contributed by atoms with Crippen molar-refractivity contribution in [3.8, 4) is 11.5 Å². The van der Waals surface area contributed by atoms with Crippen molar-refractivity contribution in [1.29, 1.82) is 0 Å². The van der Waals surface area contributed by atoms with Crippen LogP contribution in [0.15, 0.2) is 48.5 Å². The number of hydrogen-bond acceptors (Lipinski definition) is 5. The van der Waals surface area contributed by atoms with Crippen molar-refractivity contribution in [2.75, 3.05) is 30.0 Å². The third-order valence-corrected chi connectivity index (χ3v) is 5.08. The molecule has 1 unspecified atom stereocenters. The van der Waals surface area contributed by atoms with Gasteiger partial charge in [-0.1, -0.05) is 19.1 Å². The summed E-state index contributed by atoms with van der Waals surface area (Å²) in [7, 11) is -0.673. The fourth-order valence-electron chi connectivity index (χ4n) is 2.28. The van der Waals surface area contributed by atoms with Crippen LogP contribution in [0.1, 0.15) is 6.92 Å². The Balaban J connectivity index is 1.99. The fourth-order valence-corrected chi connectivity index (χ4v) is 3.66. The number of rotatable bonds is 8. The zero-order chi connectivity index (χ0) is 19.2. The van der Waals surface area contributed by atoms with E-state index in [0.29, 0.717) is 22.9 Å². The molecule has 0 aliphatic heterocycles. The highest BCUT2D eigenvalue weighted by atomic mass is 32.2. The summed E-state index contributed by atoms with van der Waals surface area (Å²) in [5.41, 5.74) is 0.920. The topological polar surface area (TPSA) is 93.7 Å². The molecule has 0 radical (unpaired) electrons. The van der Waals surface area contributed by atoms with E-state index in [1.807, 2.05) is 0 Å². The number of carbonyl (C=O) groups is 1. The molecule has 0 aliphatic carbocycles. The number of benzene rings is 2. The molecule has 140 valence electrons. The number of hydrogen-bond donors (Lipinski definition) is 2. The van der Waals surface area contributed by atoms with Crippen molar-refractivity contribution in [1.82, 2.24) is 0 Å². The molecule has 0 heterocycles. The second-order valence-corrected chi connectivity index (χ2v) is 7.50. The minimum Gasteiger partial charge on any atom is -0.497 e. The number of ether oxygens (including phenoxy) is 2. The van der Waals surface area contributed by atoms with Gasteiger partial charge in [-0.2, -0.15) is 0 Å². The summed E-state index contributed by atoms with van der Waals surface area (Å²) in [5.74, 6) is -0.352. The highest BCUT2D eigenvalue weighted by molar-refractivity contribution is 7.92. The minimum atomic E-state index is -3.70. The lowest BCUT2D eigenvalue weighted by atomic mass is 10.2. The van der Waals surface area contributed by atoms with Gasteiger partial charge in [-0.05, 0) is 24.3 Å². The molecule has 1 atom stereocenters. The van der Waals surface area contributed by atoms with Gasteiger partial charge in [0.15, 0.2) is 0 Å². The quantitative estimate of drug-likeness (QED) is 0.737. The predicted molar refractivity (Wildman–Crippen MR) is 101 cm³/mol. The summed E-state index contributed by atoms with van der Waals surface area (Å²) < 4.78 is 37.2.